The summed E-state index contributed by atoms with van der Waals surface area (Å²) in [4.78, 5) is 20.2. The van der Waals surface area contributed by atoms with Gasteiger partial charge in [0, 0.05) is 12.1 Å². The molecule has 0 heterocycles. The molecular formula is C9H7F2NO4. The number of non-ortho nitro benzene ring substituents is 1. The first-order chi connectivity index (χ1) is 7.54. The molecule has 0 saturated carbocycles. The molecule has 0 aliphatic heterocycles. The third-order valence-electron chi connectivity index (χ3n) is 1.70. The van der Waals surface area contributed by atoms with Gasteiger partial charge in [0.2, 0.25) is 0 Å². The van der Waals surface area contributed by atoms with Gasteiger partial charge in [-0.05, 0) is 6.07 Å². The summed E-state index contributed by atoms with van der Waals surface area (Å²) in [6.45, 7) is -0.862. The average molecular weight is 231 g/mol. The van der Waals surface area contributed by atoms with E-state index in [9.17, 15) is 23.7 Å². The number of nitro benzene ring substituents is 1. The molecule has 0 saturated heterocycles. The molecule has 1 aromatic rings. The molecule has 0 aromatic heterocycles. The van der Waals surface area contributed by atoms with E-state index in [2.05, 4.69) is 4.74 Å². The van der Waals surface area contributed by atoms with Gasteiger partial charge in [0.25, 0.3) is 12.1 Å². The van der Waals surface area contributed by atoms with Crippen molar-refractivity contribution in [2.24, 2.45) is 0 Å². The topological polar surface area (TPSA) is 69.4 Å². The zero-order valence-electron chi connectivity index (χ0n) is 7.93. The van der Waals surface area contributed by atoms with Crippen molar-refractivity contribution >= 4 is 12.0 Å². The minimum atomic E-state index is -2.67. The van der Waals surface area contributed by atoms with Gasteiger partial charge in [0.15, 0.2) is 6.29 Å². The van der Waals surface area contributed by atoms with Crippen molar-refractivity contribution in [1.82, 2.24) is 0 Å². The zero-order valence-corrected chi connectivity index (χ0v) is 7.93. The van der Waals surface area contributed by atoms with E-state index in [-0.39, 0.29) is 17.0 Å². The van der Waals surface area contributed by atoms with Crippen LogP contribution >= 0.6 is 0 Å². The highest BCUT2D eigenvalue weighted by molar-refractivity contribution is 5.80. The van der Waals surface area contributed by atoms with Gasteiger partial charge in [-0.3, -0.25) is 14.9 Å². The summed E-state index contributed by atoms with van der Waals surface area (Å²) in [5.41, 5.74) is -0.429. The first kappa shape index (κ1) is 12.0. The van der Waals surface area contributed by atoms with Crippen molar-refractivity contribution in [2.75, 3.05) is 6.61 Å². The number of halogens is 2. The Morgan fingerprint density at radius 2 is 2.19 bits per heavy atom. The standard InChI is InChI=1S/C9H7F2NO4/c10-9(11)5-16-8-2-1-7(12(14)15)3-6(8)4-13/h1-4,9H,5H2. The largest absolute Gasteiger partial charge is 0.487 e. The Labute approximate surface area is 88.8 Å². The average Bonchev–Trinajstić information content (AvgIpc) is 2.25. The van der Waals surface area contributed by atoms with E-state index in [1.165, 1.54) is 0 Å². The van der Waals surface area contributed by atoms with E-state index in [0.717, 1.165) is 18.2 Å². The van der Waals surface area contributed by atoms with Crippen molar-refractivity contribution in [3.8, 4) is 5.75 Å². The van der Waals surface area contributed by atoms with Gasteiger partial charge in [-0.2, -0.15) is 0 Å². The Hall–Kier alpha value is -2.05. The van der Waals surface area contributed by atoms with Crippen molar-refractivity contribution in [3.63, 3.8) is 0 Å². The van der Waals surface area contributed by atoms with Crippen LogP contribution in [0.5, 0.6) is 5.75 Å². The highest BCUT2D eigenvalue weighted by atomic mass is 19.3. The number of nitro groups is 1. The van der Waals surface area contributed by atoms with Crippen LogP contribution in [0.4, 0.5) is 14.5 Å². The lowest BCUT2D eigenvalue weighted by Gasteiger charge is -2.06. The number of hydrogen-bond donors (Lipinski definition) is 0. The monoisotopic (exact) mass is 231 g/mol. The predicted octanol–water partition coefficient (Wildman–Crippen LogP) is 2.05. The minimum Gasteiger partial charge on any atom is -0.487 e. The maximum absolute atomic E-state index is 11.8. The Balaban J connectivity index is 2.93. The second-order valence-corrected chi connectivity index (χ2v) is 2.80. The van der Waals surface area contributed by atoms with Crippen molar-refractivity contribution in [3.05, 3.63) is 33.9 Å². The molecule has 5 nitrogen and oxygen atoms in total. The zero-order chi connectivity index (χ0) is 12.1. The Bertz CT molecular complexity index is 408. The van der Waals surface area contributed by atoms with Crippen LogP contribution in [0.2, 0.25) is 0 Å². The SMILES string of the molecule is O=Cc1cc([N+](=O)[O-])ccc1OCC(F)F. The number of hydrogen-bond acceptors (Lipinski definition) is 4. The van der Waals surface area contributed by atoms with Crippen LogP contribution in [-0.2, 0) is 0 Å². The second-order valence-electron chi connectivity index (χ2n) is 2.80. The van der Waals surface area contributed by atoms with E-state index < -0.39 is 18.0 Å². The van der Waals surface area contributed by atoms with Crippen LogP contribution in [-0.4, -0.2) is 24.2 Å². The molecule has 0 aliphatic rings. The number of aldehydes is 1. The number of carbonyl (C=O) groups excluding carboxylic acids is 1. The van der Waals surface area contributed by atoms with E-state index in [1.807, 2.05) is 0 Å². The fraction of sp³-hybridized carbons (Fsp3) is 0.222. The second kappa shape index (κ2) is 5.15. The molecule has 0 bridgehead atoms. The Morgan fingerprint density at radius 1 is 1.50 bits per heavy atom. The molecule has 1 aromatic carbocycles. The highest BCUT2D eigenvalue weighted by Gasteiger charge is 2.12. The van der Waals surface area contributed by atoms with Gasteiger partial charge in [-0.1, -0.05) is 0 Å². The normalized spacial score (nSPS) is 10.2. The van der Waals surface area contributed by atoms with E-state index in [0.29, 0.717) is 6.29 Å². The molecule has 86 valence electrons. The number of rotatable bonds is 5. The number of carbonyl (C=O) groups is 1. The molecule has 16 heavy (non-hydrogen) atoms. The van der Waals surface area contributed by atoms with Crippen LogP contribution in [0.15, 0.2) is 18.2 Å². The lowest BCUT2D eigenvalue weighted by Crippen LogP contribution is -2.08. The molecule has 0 unspecified atom stereocenters. The molecule has 7 heteroatoms. The Kier molecular flexibility index (Phi) is 3.87. The summed E-state index contributed by atoms with van der Waals surface area (Å²) in [6, 6.07) is 3.16. The molecule has 0 fully saturated rings. The molecule has 0 amide bonds. The van der Waals surface area contributed by atoms with Gasteiger partial charge in [-0.15, -0.1) is 0 Å². The summed E-state index contributed by atoms with van der Waals surface area (Å²) >= 11 is 0. The number of ether oxygens (including phenoxy) is 1. The minimum absolute atomic E-state index is 0.0964. The van der Waals surface area contributed by atoms with E-state index >= 15 is 0 Å². The highest BCUT2D eigenvalue weighted by Crippen LogP contribution is 2.23. The predicted molar refractivity (Wildman–Crippen MR) is 50.0 cm³/mol. The van der Waals surface area contributed by atoms with Gasteiger partial charge in [0.1, 0.15) is 12.4 Å². The van der Waals surface area contributed by atoms with Crippen LogP contribution in [0, 0.1) is 10.1 Å². The first-order valence-electron chi connectivity index (χ1n) is 4.19. The molecule has 0 radical (unpaired) electrons. The van der Waals surface area contributed by atoms with Gasteiger partial charge >= 0.3 is 0 Å². The molecule has 1 rings (SSSR count). The Morgan fingerprint density at radius 3 is 2.69 bits per heavy atom. The van der Waals surface area contributed by atoms with Crippen molar-refractivity contribution in [2.45, 2.75) is 6.43 Å². The summed E-state index contributed by atoms with van der Waals surface area (Å²) in [5.74, 6) is -0.0964. The lowest BCUT2D eigenvalue weighted by atomic mass is 10.2. The fourth-order valence-corrected chi connectivity index (χ4v) is 1.03. The smallest absolute Gasteiger partial charge is 0.272 e. The maximum atomic E-state index is 11.8. The third-order valence-corrected chi connectivity index (χ3v) is 1.70. The van der Waals surface area contributed by atoms with Crippen molar-refractivity contribution < 1.29 is 23.2 Å². The molecular weight excluding hydrogens is 224 g/mol. The first-order valence-corrected chi connectivity index (χ1v) is 4.19. The summed E-state index contributed by atoms with van der Waals surface area (Å²) in [7, 11) is 0. The number of alkyl halides is 2. The maximum Gasteiger partial charge on any atom is 0.272 e. The van der Waals surface area contributed by atoms with E-state index in [4.69, 9.17) is 0 Å². The van der Waals surface area contributed by atoms with Crippen LogP contribution < -0.4 is 4.74 Å². The molecule has 0 atom stereocenters. The van der Waals surface area contributed by atoms with Gasteiger partial charge in [0.05, 0.1) is 10.5 Å². The number of nitrogens with zero attached hydrogens (tertiary/aromatic N) is 1. The van der Waals surface area contributed by atoms with Crippen LogP contribution in [0.3, 0.4) is 0 Å². The van der Waals surface area contributed by atoms with Gasteiger partial charge in [-0.25, -0.2) is 8.78 Å². The third kappa shape index (κ3) is 2.97. The summed E-state index contributed by atoms with van der Waals surface area (Å²) in [6.07, 6.45) is -2.36. The van der Waals surface area contributed by atoms with Crippen LogP contribution in [0.1, 0.15) is 10.4 Å². The summed E-state index contributed by atoms with van der Waals surface area (Å²) < 4.78 is 28.3. The molecule has 0 spiro atoms. The molecule has 0 aliphatic carbocycles. The number of benzene rings is 1. The van der Waals surface area contributed by atoms with Crippen LogP contribution in [0.25, 0.3) is 0 Å². The van der Waals surface area contributed by atoms with Crippen molar-refractivity contribution in [1.29, 1.82) is 0 Å². The fourth-order valence-electron chi connectivity index (χ4n) is 1.03. The quantitative estimate of drug-likeness (QED) is 0.441. The van der Waals surface area contributed by atoms with E-state index in [1.54, 1.807) is 0 Å². The van der Waals surface area contributed by atoms with Gasteiger partial charge < -0.3 is 4.74 Å². The lowest BCUT2D eigenvalue weighted by molar-refractivity contribution is -0.384. The summed E-state index contributed by atoms with van der Waals surface area (Å²) in [5, 5.41) is 10.4. The molecule has 0 N–H and O–H groups in total.